The number of primary amides is 1. The third kappa shape index (κ3) is 3.79. The highest BCUT2D eigenvalue weighted by Crippen LogP contribution is 2.44. The molecule has 4 heteroatoms. The molecule has 142 valence electrons. The van der Waals surface area contributed by atoms with Crippen LogP contribution in [0.1, 0.15) is 82.3 Å². The van der Waals surface area contributed by atoms with Gasteiger partial charge >= 0.3 is 5.97 Å². The van der Waals surface area contributed by atoms with Crippen LogP contribution in [-0.4, -0.2) is 11.9 Å². The van der Waals surface area contributed by atoms with E-state index in [4.69, 9.17) is 10.5 Å². The smallest absolute Gasteiger partial charge is 0.314 e. The maximum atomic E-state index is 12.7. The van der Waals surface area contributed by atoms with Crippen LogP contribution in [0.5, 0.6) is 5.75 Å². The van der Waals surface area contributed by atoms with Crippen LogP contribution < -0.4 is 10.5 Å². The summed E-state index contributed by atoms with van der Waals surface area (Å²) >= 11 is 0. The zero-order chi connectivity index (χ0) is 18.6. The maximum Gasteiger partial charge on any atom is 0.314 e. The quantitative estimate of drug-likeness (QED) is 0.626. The highest BCUT2D eigenvalue weighted by atomic mass is 16.5. The van der Waals surface area contributed by atoms with Crippen LogP contribution in [0.25, 0.3) is 0 Å². The fourth-order valence-corrected chi connectivity index (χ4v) is 4.59. The molecule has 0 aromatic heterocycles. The number of esters is 1. The van der Waals surface area contributed by atoms with Gasteiger partial charge in [-0.05, 0) is 43.7 Å². The molecule has 2 N–H and O–H groups in total. The summed E-state index contributed by atoms with van der Waals surface area (Å²) in [6, 6.07) is 5.90. The molecule has 3 rings (SSSR count). The second-order valence-electron chi connectivity index (χ2n) is 7.95. The number of carbonyl (C=O) groups is 2. The lowest BCUT2D eigenvalue weighted by molar-refractivity contribution is -0.140. The highest BCUT2D eigenvalue weighted by molar-refractivity contribution is 5.88. The van der Waals surface area contributed by atoms with Crippen LogP contribution >= 0.6 is 0 Å². The van der Waals surface area contributed by atoms with Crippen LogP contribution in [0.3, 0.4) is 0 Å². The number of rotatable bonds is 5. The summed E-state index contributed by atoms with van der Waals surface area (Å²) in [4.78, 5) is 25.2. The van der Waals surface area contributed by atoms with Gasteiger partial charge in [0, 0.05) is 5.56 Å². The van der Waals surface area contributed by atoms with E-state index >= 15 is 0 Å². The van der Waals surface area contributed by atoms with Gasteiger partial charge in [0.05, 0.1) is 11.3 Å². The van der Waals surface area contributed by atoms with E-state index in [1.807, 2.05) is 18.2 Å². The molecule has 26 heavy (non-hydrogen) atoms. The first-order valence-electron chi connectivity index (χ1n) is 10.2. The van der Waals surface area contributed by atoms with Crippen molar-refractivity contribution in [1.29, 1.82) is 0 Å². The molecule has 2 saturated carbocycles. The fraction of sp³-hybridized carbons (Fsp3) is 0.636. The molecule has 4 nitrogen and oxygen atoms in total. The standard InChI is InChI=1S/C22H31NO3/c1-2-16-11-12-19(26-20(24)17-9-5-3-6-10-17)18(15-16)22(21(23)25)13-7-4-8-14-22/h11-12,15,17H,2-10,13-14H2,1H3,(H2,23,25). The highest BCUT2D eigenvalue weighted by Gasteiger charge is 2.42. The van der Waals surface area contributed by atoms with Gasteiger partial charge < -0.3 is 10.5 Å². The molecule has 0 bridgehead atoms. The molecule has 0 aliphatic heterocycles. The molecule has 2 aliphatic rings. The average Bonchev–Trinajstić information content (AvgIpc) is 2.69. The zero-order valence-corrected chi connectivity index (χ0v) is 15.9. The Morgan fingerprint density at radius 1 is 1.08 bits per heavy atom. The van der Waals surface area contributed by atoms with Crippen molar-refractivity contribution in [3.63, 3.8) is 0 Å². The van der Waals surface area contributed by atoms with E-state index in [1.165, 1.54) is 6.42 Å². The van der Waals surface area contributed by atoms with Gasteiger partial charge in [0.1, 0.15) is 5.75 Å². The molecule has 0 spiro atoms. The van der Waals surface area contributed by atoms with Crippen molar-refractivity contribution in [2.75, 3.05) is 0 Å². The third-order valence-electron chi connectivity index (χ3n) is 6.30. The van der Waals surface area contributed by atoms with Gasteiger partial charge in [-0.2, -0.15) is 0 Å². The second kappa shape index (κ2) is 8.24. The van der Waals surface area contributed by atoms with Crippen LogP contribution in [-0.2, 0) is 21.4 Å². The van der Waals surface area contributed by atoms with Crippen molar-refractivity contribution in [1.82, 2.24) is 0 Å². The Balaban J connectivity index is 1.94. The largest absolute Gasteiger partial charge is 0.426 e. The van der Waals surface area contributed by atoms with E-state index in [1.54, 1.807) is 0 Å². The van der Waals surface area contributed by atoms with Crippen molar-refractivity contribution in [2.24, 2.45) is 11.7 Å². The lowest BCUT2D eigenvalue weighted by Gasteiger charge is -2.36. The number of carbonyl (C=O) groups excluding carboxylic acids is 2. The Hall–Kier alpha value is -1.84. The van der Waals surface area contributed by atoms with Gasteiger partial charge in [0.2, 0.25) is 5.91 Å². The number of aryl methyl sites for hydroxylation is 1. The van der Waals surface area contributed by atoms with E-state index in [0.717, 1.165) is 75.3 Å². The topological polar surface area (TPSA) is 69.4 Å². The second-order valence-corrected chi connectivity index (χ2v) is 7.95. The number of benzene rings is 1. The van der Waals surface area contributed by atoms with Crippen LogP contribution in [0, 0.1) is 5.92 Å². The van der Waals surface area contributed by atoms with Crippen molar-refractivity contribution in [2.45, 2.75) is 83.0 Å². The van der Waals surface area contributed by atoms with Gasteiger partial charge in [0.25, 0.3) is 0 Å². The molecular formula is C22H31NO3. The van der Waals surface area contributed by atoms with Crippen molar-refractivity contribution in [3.8, 4) is 5.75 Å². The summed E-state index contributed by atoms with van der Waals surface area (Å²) < 4.78 is 5.87. The normalized spacial score (nSPS) is 20.5. The Labute approximate surface area is 156 Å². The first-order chi connectivity index (χ1) is 12.6. The molecule has 0 heterocycles. The number of hydrogen-bond acceptors (Lipinski definition) is 3. The van der Waals surface area contributed by atoms with E-state index < -0.39 is 5.41 Å². The lowest BCUT2D eigenvalue weighted by atomic mass is 9.68. The van der Waals surface area contributed by atoms with Crippen LogP contribution in [0.4, 0.5) is 0 Å². The van der Waals surface area contributed by atoms with E-state index in [2.05, 4.69) is 6.92 Å². The van der Waals surface area contributed by atoms with Gasteiger partial charge in [-0.15, -0.1) is 0 Å². The van der Waals surface area contributed by atoms with Gasteiger partial charge in [-0.25, -0.2) is 0 Å². The summed E-state index contributed by atoms with van der Waals surface area (Å²) in [5.41, 5.74) is 7.16. The minimum absolute atomic E-state index is 0.0154. The molecule has 0 saturated heterocycles. The van der Waals surface area contributed by atoms with E-state index in [-0.39, 0.29) is 17.8 Å². The van der Waals surface area contributed by atoms with Gasteiger partial charge in [-0.3, -0.25) is 9.59 Å². The first kappa shape index (κ1) is 18.9. The van der Waals surface area contributed by atoms with Gasteiger partial charge in [-0.1, -0.05) is 57.6 Å². The summed E-state index contributed by atoms with van der Waals surface area (Å²) in [5.74, 6) is 0.0860. The summed E-state index contributed by atoms with van der Waals surface area (Å²) in [6.07, 6.45) is 10.6. The van der Waals surface area contributed by atoms with Crippen LogP contribution in [0.15, 0.2) is 18.2 Å². The number of hydrogen-bond donors (Lipinski definition) is 1. The first-order valence-corrected chi connectivity index (χ1v) is 10.2. The lowest BCUT2D eigenvalue weighted by Crippen LogP contribution is -2.43. The number of nitrogens with two attached hydrogens (primary N) is 1. The number of amides is 1. The molecule has 0 unspecified atom stereocenters. The monoisotopic (exact) mass is 357 g/mol. The van der Waals surface area contributed by atoms with E-state index in [0.29, 0.717) is 5.75 Å². The Kier molecular flexibility index (Phi) is 6.00. The summed E-state index contributed by atoms with van der Waals surface area (Å²) in [5, 5.41) is 0. The van der Waals surface area contributed by atoms with Gasteiger partial charge in [0.15, 0.2) is 0 Å². The Morgan fingerprint density at radius 3 is 2.35 bits per heavy atom. The minimum Gasteiger partial charge on any atom is -0.426 e. The third-order valence-corrected chi connectivity index (χ3v) is 6.30. The SMILES string of the molecule is CCc1ccc(OC(=O)C2CCCCC2)c(C2(C(N)=O)CCCCC2)c1. The molecule has 0 radical (unpaired) electrons. The van der Waals surface area contributed by atoms with E-state index in [9.17, 15) is 9.59 Å². The number of ether oxygens (including phenoxy) is 1. The molecule has 2 aliphatic carbocycles. The fourth-order valence-electron chi connectivity index (χ4n) is 4.59. The summed E-state index contributed by atoms with van der Waals surface area (Å²) in [6.45, 7) is 2.09. The Bertz CT molecular complexity index is 655. The molecule has 1 aromatic carbocycles. The minimum atomic E-state index is -0.703. The zero-order valence-electron chi connectivity index (χ0n) is 15.9. The molecule has 1 amide bonds. The van der Waals surface area contributed by atoms with Crippen LogP contribution in [0.2, 0.25) is 0 Å². The molecule has 1 aromatic rings. The Morgan fingerprint density at radius 2 is 1.73 bits per heavy atom. The summed E-state index contributed by atoms with van der Waals surface area (Å²) in [7, 11) is 0. The predicted octanol–water partition coefficient (Wildman–Crippen LogP) is 4.42. The average molecular weight is 357 g/mol. The van der Waals surface area contributed by atoms with Crippen molar-refractivity contribution in [3.05, 3.63) is 29.3 Å². The molecule has 2 fully saturated rings. The molecule has 0 atom stereocenters. The van der Waals surface area contributed by atoms with Crippen molar-refractivity contribution >= 4 is 11.9 Å². The molecular weight excluding hydrogens is 326 g/mol. The van der Waals surface area contributed by atoms with Crippen molar-refractivity contribution < 1.29 is 14.3 Å². The predicted molar refractivity (Wildman–Crippen MR) is 102 cm³/mol. The maximum absolute atomic E-state index is 12.7.